The highest BCUT2D eigenvalue weighted by Gasteiger charge is 2.10. The first-order valence-electron chi connectivity index (χ1n) is 14.8. The number of rotatable bonds is 18. The summed E-state index contributed by atoms with van der Waals surface area (Å²) in [5.74, 6) is 0.468. The van der Waals surface area contributed by atoms with E-state index in [1.165, 1.54) is 31.2 Å². The Morgan fingerprint density at radius 1 is 0.756 bits per heavy atom. The second kappa shape index (κ2) is 17.7. The molecule has 218 valence electrons. The van der Waals surface area contributed by atoms with Crippen molar-refractivity contribution in [3.8, 4) is 22.8 Å². The number of carbonyl (C=O) groups is 2. The van der Waals surface area contributed by atoms with Crippen molar-refractivity contribution in [2.24, 2.45) is 0 Å². The minimum atomic E-state index is -0.413. The minimum absolute atomic E-state index is 0.325. The average molecular weight is 558 g/mol. The van der Waals surface area contributed by atoms with Crippen molar-refractivity contribution >= 4 is 11.9 Å². The number of benzene rings is 2. The molecule has 41 heavy (non-hydrogen) atoms. The molecule has 0 aliphatic rings. The summed E-state index contributed by atoms with van der Waals surface area (Å²) in [6.45, 7) is 8.48. The van der Waals surface area contributed by atoms with Crippen LogP contribution in [0.25, 0.3) is 11.3 Å². The Hall–Kier alpha value is -3.93. The molecule has 0 radical (unpaired) electrons. The number of aryl methyl sites for hydroxylation is 1. The molecule has 1 aromatic heterocycles. The van der Waals surface area contributed by atoms with Gasteiger partial charge in [-0.05, 0) is 92.8 Å². The van der Waals surface area contributed by atoms with E-state index in [9.17, 15) is 9.59 Å². The fourth-order valence-corrected chi connectivity index (χ4v) is 4.26. The van der Waals surface area contributed by atoms with Gasteiger partial charge in [-0.25, -0.2) is 9.59 Å². The van der Waals surface area contributed by atoms with E-state index < -0.39 is 5.97 Å². The summed E-state index contributed by atoms with van der Waals surface area (Å²) >= 11 is 0. The molecule has 0 saturated heterocycles. The molecular formula is C35H43NO5. The van der Waals surface area contributed by atoms with E-state index in [-0.39, 0.29) is 5.97 Å². The van der Waals surface area contributed by atoms with E-state index in [0.29, 0.717) is 30.1 Å². The number of esters is 2. The molecule has 2 aromatic carbocycles. The van der Waals surface area contributed by atoms with Gasteiger partial charge in [0.25, 0.3) is 0 Å². The number of nitrogens with zero attached hydrogens (tertiary/aromatic N) is 1. The molecule has 0 unspecified atom stereocenters. The van der Waals surface area contributed by atoms with Gasteiger partial charge in [-0.1, -0.05) is 58.1 Å². The molecule has 0 aliphatic carbocycles. The van der Waals surface area contributed by atoms with Gasteiger partial charge >= 0.3 is 11.9 Å². The maximum Gasteiger partial charge on any atom is 0.343 e. The van der Waals surface area contributed by atoms with Crippen LogP contribution in [0, 0.1) is 0 Å². The van der Waals surface area contributed by atoms with Crippen LogP contribution in [-0.4, -0.2) is 30.1 Å². The van der Waals surface area contributed by atoms with Gasteiger partial charge in [0, 0.05) is 17.3 Å². The van der Waals surface area contributed by atoms with Gasteiger partial charge in [-0.3, -0.25) is 4.98 Å². The number of aromatic nitrogens is 1. The van der Waals surface area contributed by atoms with Crippen molar-refractivity contribution < 1.29 is 23.8 Å². The van der Waals surface area contributed by atoms with Crippen molar-refractivity contribution in [3.63, 3.8) is 0 Å². The lowest BCUT2D eigenvalue weighted by molar-refractivity contribution is -0.139. The summed E-state index contributed by atoms with van der Waals surface area (Å²) in [6.07, 6.45) is 12.9. The molecule has 0 N–H and O–H groups in total. The molecule has 0 amide bonds. The van der Waals surface area contributed by atoms with E-state index in [4.69, 9.17) is 14.2 Å². The highest BCUT2D eigenvalue weighted by Crippen LogP contribution is 2.23. The van der Waals surface area contributed by atoms with E-state index in [1.807, 2.05) is 24.4 Å². The van der Waals surface area contributed by atoms with Crippen LogP contribution < -0.4 is 9.47 Å². The molecule has 0 aliphatic heterocycles. The third-order valence-electron chi connectivity index (χ3n) is 6.73. The van der Waals surface area contributed by atoms with Crippen LogP contribution in [0.15, 0.2) is 79.0 Å². The number of unbranched alkanes of at least 4 members (excludes halogenated alkanes) is 7. The summed E-state index contributed by atoms with van der Waals surface area (Å²) in [4.78, 5) is 28.6. The molecule has 3 aromatic rings. The molecule has 3 rings (SSSR count). The third kappa shape index (κ3) is 11.6. The highest BCUT2D eigenvalue weighted by molar-refractivity contribution is 5.91. The van der Waals surface area contributed by atoms with Gasteiger partial charge in [0.2, 0.25) is 0 Å². The lowest BCUT2D eigenvalue weighted by atomic mass is 10.1. The van der Waals surface area contributed by atoms with Crippen LogP contribution >= 0.6 is 0 Å². The summed E-state index contributed by atoms with van der Waals surface area (Å²) in [6, 6.07) is 18.6. The van der Waals surface area contributed by atoms with Gasteiger partial charge in [0.15, 0.2) is 0 Å². The summed E-state index contributed by atoms with van der Waals surface area (Å²) in [7, 11) is 0. The van der Waals surface area contributed by atoms with Crippen molar-refractivity contribution in [2.45, 2.75) is 78.1 Å². The molecule has 0 fully saturated rings. The van der Waals surface area contributed by atoms with Gasteiger partial charge in [0.1, 0.15) is 11.5 Å². The zero-order valence-electron chi connectivity index (χ0n) is 24.5. The van der Waals surface area contributed by atoms with Crippen molar-refractivity contribution in [2.75, 3.05) is 13.2 Å². The summed E-state index contributed by atoms with van der Waals surface area (Å²) < 4.78 is 16.4. The SMILES string of the molecule is C=C(C)C(=O)OCCCCCCCOc1ccc(C(=O)Oc2ccc(-c3ccc(CCCCCC)cn3)cc2)cc1. The normalized spacial score (nSPS) is 10.7. The van der Waals surface area contributed by atoms with E-state index in [1.54, 1.807) is 43.3 Å². The molecule has 6 nitrogen and oxygen atoms in total. The van der Waals surface area contributed by atoms with Crippen molar-refractivity contribution in [1.29, 1.82) is 0 Å². The second-order valence-electron chi connectivity index (χ2n) is 10.3. The van der Waals surface area contributed by atoms with Gasteiger partial charge in [-0.15, -0.1) is 0 Å². The maximum atomic E-state index is 12.6. The van der Waals surface area contributed by atoms with Crippen LogP contribution in [0.1, 0.15) is 87.6 Å². The summed E-state index contributed by atoms with van der Waals surface area (Å²) in [5.41, 5.74) is 4.04. The Kier molecular flexibility index (Phi) is 13.6. The monoisotopic (exact) mass is 557 g/mol. The smallest absolute Gasteiger partial charge is 0.343 e. The molecule has 0 atom stereocenters. The molecule has 0 saturated carbocycles. The number of pyridine rings is 1. The Morgan fingerprint density at radius 3 is 2.07 bits per heavy atom. The lowest BCUT2D eigenvalue weighted by Crippen LogP contribution is -2.08. The molecule has 6 heteroatoms. The van der Waals surface area contributed by atoms with E-state index >= 15 is 0 Å². The molecule has 1 heterocycles. The fraction of sp³-hybridized carbons (Fsp3) is 0.400. The van der Waals surface area contributed by atoms with Gasteiger partial charge < -0.3 is 14.2 Å². The number of ether oxygens (including phenoxy) is 3. The number of hydrogen-bond donors (Lipinski definition) is 0. The van der Waals surface area contributed by atoms with E-state index in [0.717, 1.165) is 55.5 Å². The molecular weight excluding hydrogens is 514 g/mol. The largest absolute Gasteiger partial charge is 0.494 e. The van der Waals surface area contributed by atoms with Crippen LogP contribution in [0.5, 0.6) is 11.5 Å². The zero-order chi connectivity index (χ0) is 29.3. The average Bonchev–Trinajstić information content (AvgIpc) is 2.99. The van der Waals surface area contributed by atoms with Crippen molar-refractivity contribution in [3.05, 3.63) is 90.1 Å². The zero-order valence-corrected chi connectivity index (χ0v) is 24.5. The van der Waals surface area contributed by atoms with Gasteiger partial charge in [-0.2, -0.15) is 0 Å². The minimum Gasteiger partial charge on any atom is -0.494 e. The topological polar surface area (TPSA) is 74.7 Å². The Balaban J connectivity index is 1.34. The lowest BCUT2D eigenvalue weighted by Gasteiger charge is -2.08. The standard InChI is InChI=1S/C35H43NO5/c1-4-5-6-10-13-28-14-23-33(36-26-28)29-15-21-32(22-16-29)41-35(38)30-17-19-31(20-18-30)39-24-11-8-7-9-12-25-40-34(37)27(2)3/h14-23,26H,2,4-13,24-25H2,1,3H3. The van der Waals surface area contributed by atoms with E-state index in [2.05, 4.69) is 24.6 Å². The number of hydrogen-bond acceptors (Lipinski definition) is 6. The number of carbonyl (C=O) groups excluding carboxylic acids is 2. The third-order valence-corrected chi connectivity index (χ3v) is 6.73. The maximum absolute atomic E-state index is 12.6. The Morgan fingerprint density at radius 2 is 1.41 bits per heavy atom. The highest BCUT2D eigenvalue weighted by atomic mass is 16.5. The van der Waals surface area contributed by atoms with Crippen LogP contribution in [0.2, 0.25) is 0 Å². The fourth-order valence-electron chi connectivity index (χ4n) is 4.26. The molecule has 0 spiro atoms. The van der Waals surface area contributed by atoms with Gasteiger partial charge in [0.05, 0.1) is 24.5 Å². The predicted octanol–water partition coefficient (Wildman–Crippen LogP) is 8.54. The second-order valence-corrected chi connectivity index (χ2v) is 10.3. The van der Waals surface area contributed by atoms with Crippen LogP contribution in [-0.2, 0) is 16.0 Å². The van der Waals surface area contributed by atoms with Crippen LogP contribution in [0.4, 0.5) is 0 Å². The molecule has 0 bridgehead atoms. The predicted molar refractivity (Wildman–Crippen MR) is 163 cm³/mol. The van der Waals surface area contributed by atoms with Crippen molar-refractivity contribution in [1.82, 2.24) is 4.98 Å². The summed E-state index contributed by atoms with van der Waals surface area (Å²) in [5, 5.41) is 0. The van der Waals surface area contributed by atoms with Crippen LogP contribution in [0.3, 0.4) is 0 Å². The first kappa shape index (κ1) is 31.6. The quantitative estimate of drug-likeness (QED) is 0.0675. The first-order chi connectivity index (χ1) is 20.0. The first-order valence-corrected chi connectivity index (χ1v) is 14.8. The Bertz CT molecular complexity index is 1220. The Labute approximate surface area is 244 Å².